The smallest absolute Gasteiger partial charge is 0.231 e. The first kappa shape index (κ1) is 11.8. The summed E-state index contributed by atoms with van der Waals surface area (Å²) in [5.74, 6) is 2.62. The first-order chi connectivity index (χ1) is 8.81. The van der Waals surface area contributed by atoms with Gasteiger partial charge < -0.3 is 14.8 Å². The van der Waals surface area contributed by atoms with Gasteiger partial charge in [-0.05, 0) is 36.5 Å². The van der Waals surface area contributed by atoms with E-state index in [1.165, 1.54) is 31.2 Å². The molecular weight excluding hydrogens is 226 g/mol. The summed E-state index contributed by atoms with van der Waals surface area (Å²) in [6, 6.07) is 6.89. The van der Waals surface area contributed by atoms with Gasteiger partial charge in [-0.25, -0.2) is 0 Å². The topological polar surface area (TPSA) is 30.5 Å². The molecule has 1 aliphatic carbocycles. The van der Waals surface area contributed by atoms with E-state index in [1.54, 1.807) is 0 Å². The molecule has 1 heterocycles. The van der Waals surface area contributed by atoms with Crippen molar-refractivity contribution in [1.82, 2.24) is 5.32 Å². The van der Waals surface area contributed by atoms with Gasteiger partial charge in [-0.3, -0.25) is 0 Å². The second-order valence-electron chi connectivity index (χ2n) is 5.54. The van der Waals surface area contributed by atoms with Crippen LogP contribution in [0.2, 0.25) is 0 Å². The number of fused-ring (bicyclic) bond motifs is 1. The van der Waals surface area contributed by atoms with Gasteiger partial charge in [0.25, 0.3) is 0 Å². The predicted molar refractivity (Wildman–Crippen MR) is 70.8 cm³/mol. The Morgan fingerprint density at radius 3 is 3.00 bits per heavy atom. The van der Waals surface area contributed by atoms with Crippen LogP contribution in [0.15, 0.2) is 18.2 Å². The summed E-state index contributed by atoms with van der Waals surface area (Å²) >= 11 is 0. The molecule has 2 aliphatic rings. The van der Waals surface area contributed by atoms with Gasteiger partial charge in [0, 0.05) is 12.6 Å². The maximum absolute atomic E-state index is 5.40. The zero-order valence-electron chi connectivity index (χ0n) is 10.9. The zero-order chi connectivity index (χ0) is 12.4. The number of hydrogen-bond acceptors (Lipinski definition) is 3. The third-order valence-electron chi connectivity index (χ3n) is 3.97. The monoisotopic (exact) mass is 247 g/mol. The van der Waals surface area contributed by atoms with Crippen LogP contribution >= 0.6 is 0 Å². The van der Waals surface area contributed by atoms with E-state index in [9.17, 15) is 0 Å². The van der Waals surface area contributed by atoms with E-state index in [4.69, 9.17) is 9.47 Å². The van der Waals surface area contributed by atoms with Crippen molar-refractivity contribution in [2.24, 2.45) is 5.92 Å². The van der Waals surface area contributed by atoms with E-state index in [-0.39, 0.29) is 0 Å². The van der Waals surface area contributed by atoms with Crippen LogP contribution in [0.25, 0.3) is 0 Å². The minimum absolute atomic E-state index is 0.354. The van der Waals surface area contributed by atoms with Crippen LogP contribution in [-0.2, 0) is 6.54 Å². The molecule has 2 atom stereocenters. The molecule has 1 aliphatic heterocycles. The first-order valence-electron chi connectivity index (χ1n) is 6.93. The van der Waals surface area contributed by atoms with Crippen molar-refractivity contribution in [3.8, 4) is 11.5 Å². The minimum Gasteiger partial charge on any atom is -0.454 e. The highest BCUT2D eigenvalue weighted by atomic mass is 16.7. The lowest BCUT2D eigenvalue weighted by atomic mass is 9.87. The van der Waals surface area contributed by atoms with Gasteiger partial charge in [0.1, 0.15) is 0 Å². The maximum atomic E-state index is 5.40. The molecule has 1 aromatic carbocycles. The quantitative estimate of drug-likeness (QED) is 0.890. The fourth-order valence-corrected chi connectivity index (χ4v) is 2.93. The van der Waals surface area contributed by atoms with Crippen LogP contribution in [-0.4, -0.2) is 12.8 Å². The molecule has 0 radical (unpaired) electrons. The molecular formula is C15H21NO2. The third-order valence-corrected chi connectivity index (χ3v) is 3.97. The van der Waals surface area contributed by atoms with Crippen LogP contribution in [0.4, 0.5) is 0 Å². The Balaban J connectivity index is 1.56. The number of hydrogen-bond donors (Lipinski definition) is 1. The van der Waals surface area contributed by atoms with E-state index < -0.39 is 0 Å². The average Bonchev–Trinajstić information content (AvgIpc) is 2.84. The van der Waals surface area contributed by atoms with Gasteiger partial charge in [-0.15, -0.1) is 0 Å². The highest BCUT2D eigenvalue weighted by Crippen LogP contribution is 2.32. The van der Waals surface area contributed by atoms with Crippen molar-refractivity contribution in [3.63, 3.8) is 0 Å². The lowest BCUT2D eigenvalue weighted by Gasteiger charge is -2.27. The molecule has 0 amide bonds. The second kappa shape index (κ2) is 5.19. The fraction of sp³-hybridized carbons (Fsp3) is 0.600. The number of rotatable bonds is 3. The Labute approximate surface area is 108 Å². The van der Waals surface area contributed by atoms with E-state index in [2.05, 4.69) is 24.4 Å². The van der Waals surface area contributed by atoms with Gasteiger partial charge in [-0.2, -0.15) is 0 Å². The number of nitrogens with one attached hydrogen (secondary N) is 1. The summed E-state index contributed by atoms with van der Waals surface area (Å²) in [6.07, 6.45) is 5.38. The molecule has 1 fully saturated rings. The maximum Gasteiger partial charge on any atom is 0.231 e. The molecule has 0 unspecified atom stereocenters. The molecule has 0 aromatic heterocycles. The van der Waals surface area contributed by atoms with Gasteiger partial charge in [0.15, 0.2) is 11.5 Å². The zero-order valence-corrected chi connectivity index (χ0v) is 10.9. The summed E-state index contributed by atoms with van der Waals surface area (Å²) in [5, 5.41) is 3.66. The largest absolute Gasteiger partial charge is 0.454 e. The molecule has 18 heavy (non-hydrogen) atoms. The van der Waals surface area contributed by atoms with Crippen molar-refractivity contribution >= 4 is 0 Å². The lowest BCUT2D eigenvalue weighted by molar-refractivity contribution is 0.174. The molecule has 0 saturated heterocycles. The van der Waals surface area contributed by atoms with Crippen molar-refractivity contribution in [3.05, 3.63) is 23.8 Å². The molecule has 1 saturated carbocycles. The molecule has 3 heteroatoms. The Kier molecular flexibility index (Phi) is 3.41. The van der Waals surface area contributed by atoms with Crippen molar-refractivity contribution in [2.75, 3.05) is 6.79 Å². The van der Waals surface area contributed by atoms with Gasteiger partial charge >= 0.3 is 0 Å². The van der Waals surface area contributed by atoms with E-state index in [0.717, 1.165) is 24.0 Å². The van der Waals surface area contributed by atoms with Crippen LogP contribution in [0.5, 0.6) is 11.5 Å². The van der Waals surface area contributed by atoms with Crippen LogP contribution < -0.4 is 14.8 Å². The average molecular weight is 247 g/mol. The van der Waals surface area contributed by atoms with Crippen LogP contribution in [0.1, 0.15) is 38.2 Å². The lowest BCUT2D eigenvalue weighted by Crippen LogP contribution is -2.33. The molecule has 0 bridgehead atoms. The van der Waals surface area contributed by atoms with Gasteiger partial charge in [0.05, 0.1) is 0 Å². The van der Waals surface area contributed by atoms with Crippen molar-refractivity contribution in [2.45, 2.75) is 45.2 Å². The first-order valence-corrected chi connectivity index (χ1v) is 6.93. The summed E-state index contributed by atoms with van der Waals surface area (Å²) in [5.41, 5.74) is 1.28. The second-order valence-corrected chi connectivity index (χ2v) is 5.54. The highest BCUT2D eigenvalue weighted by Gasteiger charge is 2.18. The standard InChI is InChI=1S/C15H21NO2/c1-11-3-2-4-13(7-11)16-9-12-5-6-14-15(8-12)18-10-17-14/h5-6,8,11,13,16H,2-4,7,9-10H2,1H3/t11-,13-/m0/s1. The van der Waals surface area contributed by atoms with E-state index in [1.807, 2.05) is 6.07 Å². The molecule has 1 aromatic rings. The normalized spacial score (nSPS) is 26.3. The van der Waals surface area contributed by atoms with Crippen LogP contribution in [0, 0.1) is 5.92 Å². The van der Waals surface area contributed by atoms with Gasteiger partial charge in [-0.1, -0.05) is 25.8 Å². The Morgan fingerprint density at radius 2 is 2.11 bits per heavy atom. The molecule has 3 nitrogen and oxygen atoms in total. The number of benzene rings is 1. The van der Waals surface area contributed by atoms with Gasteiger partial charge in [0.2, 0.25) is 6.79 Å². The SMILES string of the molecule is C[C@H]1CCC[C@H](NCc2ccc3c(c2)OCO3)C1. The molecule has 0 spiro atoms. The molecule has 98 valence electrons. The van der Waals surface area contributed by atoms with Crippen molar-refractivity contribution < 1.29 is 9.47 Å². The van der Waals surface area contributed by atoms with Crippen LogP contribution in [0.3, 0.4) is 0 Å². The minimum atomic E-state index is 0.354. The van der Waals surface area contributed by atoms with E-state index in [0.29, 0.717) is 12.8 Å². The summed E-state index contributed by atoms with van der Waals surface area (Å²) in [7, 11) is 0. The Hall–Kier alpha value is -1.22. The Morgan fingerprint density at radius 1 is 1.22 bits per heavy atom. The van der Waals surface area contributed by atoms with Crippen molar-refractivity contribution in [1.29, 1.82) is 0 Å². The Bertz CT molecular complexity index is 419. The number of ether oxygens (including phenoxy) is 2. The summed E-state index contributed by atoms with van der Waals surface area (Å²) in [4.78, 5) is 0. The third kappa shape index (κ3) is 2.61. The molecule has 3 rings (SSSR count). The summed E-state index contributed by atoms with van der Waals surface area (Å²) in [6.45, 7) is 3.63. The predicted octanol–water partition coefficient (Wildman–Crippen LogP) is 3.08. The highest BCUT2D eigenvalue weighted by molar-refractivity contribution is 5.44. The summed E-state index contributed by atoms with van der Waals surface area (Å²) < 4.78 is 10.7. The molecule has 1 N–H and O–H groups in total. The fourth-order valence-electron chi connectivity index (χ4n) is 2.93. The van der Waals surface area contributed by atoms with E-state index >= 15 is 0 Å².